The molecule has 0 amide bonds. The molecule has 4 heterocycles. The largest absolute Gasteiger partial charge is 0.310 e. The van der Waals surface area contributed by atoms with Crippen LogP contribution in [0.1, 0.15) is 22.3 Å². The summed E-state index contributed by atoms with van der Waals surface area (Å²) in [5.74, 6) is 0. The molecule has 562 valence electrons. The molecule has 4 aromatic heterocycles. The van der Waals surface area contributed by atoms with Crippen LogP contribution in [0.5, 0.6) is 0 Å². The Kier molecular flexibility index (Phi) is 15.4. The fourth-order valence-corrected chi connectivity index (χ4v) is 20.0. The molecule has 24 rings (SSSR count). The number of nitrogens with zero attached hydrogens (tertiary/aromatic N) is 10. The average molecular weight is 1550 g/mol. The highest BCUT2D eigenvalue weighted by Gasteiger charge is 2.29. The lowest BCUT2D eigenvalue weighted by Gasteiger charge is -2.26. The van der Waals surface area contributed by atoms with Crippen molar-refractivity contribution in [1.29, 1.82) is 21.0 Å². The van der Waals surface area contributed by atoms with Crippen molar-refractivity contribution in [2.24, 2.45) is 0 Å². The summed E-state index contributed by atoms with van der Waals surface area (Å²) in [4.78, 5) is 4.60. The Hall–Kier alpha value is -17.3. The molecule has 0 saturated carbocycles. The molecular weight excluding hydrogens is 1490 g/mol. The average Bonchev–Trinajstić information content (AvgIpc) is 1.52. The van der Waals surface area contributed by atoms with Crippen LogP contribution >= 0.6 is 0 Å². The topological polar surface area (TPSA) is 121 Å². The predicted octanol–water partition coefficient (Wildman–Crippen LogP) is 29.1. The quantitative estimate of drug-likeness (QED) is 0.119. The van der Waals surface area contributed by atoms with E-state index in [1.807, 2.05) is 12.1 Å². The van der Waals surface area contributed by atoms with E-state index in [9.17, 15) is 21.0 Å². The third-order valence-electron chi connectivity index (χ3n) is 25.1. The van der Waals surface area contributed by atoms with Gasteiger partial charge in [0.1, 0.15) is 24.3 Å². The third-order valence-corrected chi connectivity index (χ3v) is 25.1. The van der Waals surface area contributed by atoms with Crippen molar-refractivity contribution in [3.05, 3.63) is 411 Å². The number of rotatable bonds is 11. The number of hydrogen-bond donors (Lipinski definition) is 0. The molecule has 24 aromatic rings. The highest BCUT2D eigenvalue weighted by molar-refractivity contribution is 6.34. The van der Waals surface area contributed by atoms with Crippen LogP contribution in [0.4, 0.5) is 34.1 Å². The molecule has 0 N–H and O–H groups in total. The van der Waals surface area contributed by atoms with Crippen LogP contribution in [0.2, 0.25) is 0 Å². The van der Waals surface area contributed by atoms with Gasteiger partial charge < -0.3 is 28.1 Å². The second kappa shape index (κ2) is 27.2. The van der Waals surface area contributed by atoms with Crippen LogP contribution in [0.25, 0.3) is 186 Å². The molecule has 0 bridgehead atoms. The van der Waals surface area contributed by atoms with Crippen molar-refractivity contribution < 1.29 is 0 Å². The van der Waals surface area contributed by atoms with Gasteiger partial charge in [0.05, 0.1) is 89.1 Å². The van der Waals surface area contributed by atoms with Crippen LogP contribution in [0.15, 0.2) is 388 Å². The summed E-state index contributed by atoms with van der Waals surface area (Å²) in [6.45, 7) is 0. The summed E-state index contributed by atoms with van der Waals surface area (Å²) in [6.07, 6.45) is 0. The Morgan fingerprint density at radius 2 is 0.492 bits per heavy atom. The SMILES string of the molecule is N#Cc1cc(C#N)c(-n2c3ccc(N(c4ccccc4)c4ccc(-c5ccc6c(c5)c5ccccc5c5c6c6ccccc6n5-c5cc(-n6c7ccccc7c7c8ccccc8c8ccccc8c76)c(C#N)cc5C#N)cc4)cc3c3c4ccccc4ccc32)cc1-n1c2ccc(N(c3ccccc3)c3ccccc3)cc2c2c3ccccc3ccc21. The number of para-hydroxylation sites is 5. The first-order valence-corrected chi connectivity index (χ1v) is 40.9. The van der Waals surface area contributed by atoms with Crippen molar-refractivity contribution in [2.75, 3.05) is 9.80 Å². The zero-order chi connectivity index (χ0) is 81.0. The molecule has 0 saturated heterocycles. The smallest absolute Gasteiger partial charge is 0.101 e. The third kappa shape index (κ3) is 10.2. The minimum Gasteiger partial charge on any atom is -0.310 e. The zero-order valence-electron chi connectivity index (χ0n) is 65.4. The lowest BCUT2D eigenvalue weighted by molar-refractivity contribution is 1.12. The van der Waals surface area contributed by atoms with Gasteiger partial charge in [0.15, 0.2) is 0 Å². The molecule has 10 heteroatoms. The minimum atomic E-state index is 0.367. The van der Waals surface area contributed by atoms with Gasteiger partial charge in [-0.3, -0.25) is 0 Å². The summed E-state index contributed by atoms with van der Waals surface area (Å²) >= 11 is 0. The van der Waals surface area contributed by atoms with Crippen molar-refractivity contribution in [3.8, 4) is 58.2 Å². The number of fused-ring (bicyclic) bond motifs is 26. The zero-order valence-corrected chi connectivity index (χ0v) is 65.4. The van der Waals surface area contributed by atoms with E-state index in [1.165, 1.54) is 0 Å². The number of nitriles is 4. The van der Waals surface area contributed by atoms with Crippen LogP contribution in [0, 0.1) is 45.3 Å². The molecule has 0 aliphatic carbocycles. The molecule has 122 heavy (non-hydrogen) atoms. The molecule has 20 aromatic carbocycles. The molecule has 0 spiro atoms. The van der Waals surface area contributed by atoms with Crippen molar-refractivity contribution in [2.45, 2.75) is 0 Å². The maximum Gasteiger partial charge on any atom is 0.101 e. The Balaban J connectivity index is 0.647. The second-order valence-corrected chi connectivity index (χ2v) is 31.4. The fraction of sp³-hybridized carbons (Fsp3) is 0. The molecule has 0 fully saturated rings. The fourth-order valence-electron chi connectivity index (χ4n) is 20.0. The monoisotopic (exact) mass is 1550 g/mol. The van der Waals surface area contributed by atoms with Gasteiger partial charge in [-0.25, -0.2) is 0 Å². The lowest BCUT2D eigenvalue weighted by atomic mass is 9.93. The van der Waals surface area contributed by atoms with Gasteiger partial charge >= 0.3 is 0 Å². The Morgan fingerprint density at radius 1 is 0.180 bits per heavy atom. The van der Waals surface area contributed by atoms with Gasteiger partial charge in [-0.1, -0.05) is 249 Å². The maximum atomic E-state index is 11.5. The minimum absolute atomic E-state index is 0.367. The Morgan fingerprint density at radius 3 is 0.926 bits per heavy atom. The van der Waals surface area contributed by atoms with Crippen LogP contribution in [0.3, 0.4) is 0 Å². The highest BCUT2D eigenvalue weighted by atomic mass is 15.2. The second-order valence-electron chi connectivity index (χ2n) is 31.4. The van der Waals surface area contributed by atoms with E-state index in [-0.39, 0.29) is 0 Å². The van der Waals surface area contributed by atoms with E-state index in [0.29, 0.717) is 45.0 Å². The summed E-state index contributed by atoms with van der Waals surface area (Å²) in [7, 11) is 0. The van der Waals surface area contributed by atoms with E-state index in [0.717, 1.165) is 197 Å². The van der Waals surface area contributed by atoms with Crippen LogP contribution in [-0.4, -0.2) is 18.3 Å². The number of hydrogen-bond acceptors (Lipinski definition) is 6. The summed E-state index contributed by atoms with van der Waals surface area (Å²) in [5, 5.41) is 67.1. The van der Waals surface area contributed by atoms with E-state index in [4.69, 9.17) is 0 Å². The molecule has 0 unspecified atom stereocenters. The number of anilines is 6. The van der Waals surface area contributed by atoms with E-state index < -0.39 is 0 Å². The number of aromatic nitrogens is 4. The Bertz CT molecular complexity index is 8790. The van der Waals surface area contributed by atoms with Gasteiger partial charge in [-0.05, 0) is 205 Å². The van der Waals surface area contributed by atoms with Gasteiger partial charge in [-0.2, -0.15) is 21.0 Å². The van der Waals surface area contributed by atoms with Crippen LogP contribution in [-0.2, 0) is 0 Å². The first-order chi connectivity index (χ1) is 60.4. The molecule has 0 radical (unpaired) electrons. The first-order valence-electron chi connectivity index (χ1n) is 40.9. The highest BCUT2D eigenvalue weighted by Crippen LogP contribution is 2.51. The first kappa shape index (κ1) is 69.1. The summed E-state index contributed by atoms with van der Waals surface area (Å²) in [6, 6.07) is 147. The summed E-state index contributed by atoms with van der Waals surface area (Å²) < 4.78 is 8.98. The molecule has 0 atom stereocenters. The Labute approximate surface area is 699 Å². The van der Waals surface area contributed by atoms with E-state index in [2.05, 4.69) is 416 Å². The summed E-state index contributed by atoms with van der Waals surface area (Å²) in [5.41, 5.74) is 19.8. The van der Waals surface area contributed by atoms with E-state index in [1.54, 1.807) is 12.1 Å². The molecular formula is C112H64N10. The predicted molar refractivity (Wildman–Crippen MR) is 502 cm³/mol. The number of benzene rings is 20. The van der Waals surface area contributed by atoms with Crippen molar-refractivity contribution >= 4 is 186 Å². The van der Waals surface area contributed by atoms with Crippen molar-refractivity contribution in [1.82, 2.24) is 18.3 Å². The standard InChI is InChI=1S/C112H64N10/c113-65-73-58-74(66-114)104(63-103(73)119-99-56-51-81(117(77-26-4-1-5-27-77)78-28-6-2-7-29-78)61-95(99)107-83-32-12-10-24-70(83)47-54-101(107)119)120-100-57-52-82(62-96(100)108-84-33-13-11-25-71(84)48-55-102(108)120)118(79-30-8-3-9-31-79)80-49-44-69(45-50-80)72-46-53-89-94(60-72)87-36-16-19-39-91(87)112-110(89)93-41-21-23-43-98(93)122(112)106-64-105(75(67-115)59-76(106)68-116)121-97-42-22-20-40-92(97)109-88-37-17-14-34-85(88)86-35-15-18-38-90(86)111(109)121/h1-64H. The molecule has 0 aliphatic heterocycles. The van der Waals surface area contributed by atoms with Gasteiger partial charge in [0, 0.05) is 88.0 Å². The van der Waals surface area contributed by atoms with E-state index >= 15 is 0 Å². The van der Waals surface area contributed by atoms with Gasteiger partial charge in [0.25, 0.3) is 0 Å². The van der Waals surface area contributed by atoms with Crippen LogP contribution < -0.4 is 9.80 Å². The van der Waals surface area contributed by atoms with Crippen molar-refractivity contribution in [3.63, 3.8) is 0 Å². The molecule has 10 nitrogen and oxygen atoms in total. The van der Waals surface area contributed by atoms with Gasteiger partial charge in [0.2, 0.25) is 0 Å². The maximum absolute atomic E-state index is 11.5. The lowest BCUT2D eigenvalue weighted by Crippen LogP contribution is -2.10. The van der Waals surface area contributed by atoms with Gasteiger partial charge in [-0.15, -0.1) is 0 Å². The molecule has 0 aliphatic rings. The normalized spacial score (nSPS) is 11.7.